The van der Waals surface area contributed by atoms with Crippen LogP contribution in [0.3, 0.4) is 0 Å². The second kappa shape index (κ2) is 2.24. The lowest BCUT2D eigenvalue weighted by molar-refractivity contribution is 1.21. The monoisotopic (exact) mass is 191 g/mol. The normalized spacial score (nSPS) is 35.8. The summed E-state index contributed by atoms with van der Waals surface area (Å²) < 4.78 is -0.429. The molecule has 0 saturated heterocycles. The second-order valence-electron chi connectivity index (χ2n) is 1.59. The Hall–Kier alpha value is 0.250. The second-order valence-corrected chi connectivity index (χ2v) is 3.98. The van der Waals surface area contributed by atoms with Crippen LogP contribution in [-0.4, -0.2) is 3.78 Å². The molecule has 0 N–H and O–H groups in total. The molecule has 2 heteroatoms. The smallest absolute Gasteiger partial charge is 0.101 e. The summed E-state index contributed by atoms with van der Waals surface area (Å²) in [6.07, 6.45) is 9.48. The summed E-state index contributed by atoms with van der Waals surface area (Å²) >= 11 is 9.06. The van der Waals surface area contributed by atoms with Crippen LogP contribution < -0.4 is 0 Å². The molecule has 1 radical (unpaired) electrons. The molecule has 1 unspecified atom stereocenters. The highest BCUT2D eigenvalue weighted by molar-refractivity contribution is 9.10. The van der Waals surface area contributed by atoms with Gasteiger partial charge in [-0.15, -0.1) is 11.6 Å². The molecule has 0 aromatic rings. The lowest BCUT2D eigenvalue weighted by Crippen LogP contribution is -2.07. The third-order valence-corrected chi connectivity index (χ3v) is 1.64. The van der Waals surface area contributed by atoms with Gasteiger partial charge in [0.1, 0.15) is 3.78 Å². The first kappa shape index (κ1) is 6.37. The van der Waals surface area contributed by atoms with Gasteiger partial charge in [-0.1, -0.05) is 40.2 Å². The number of alkyl halides is 2. The lowest BCUT2D eigenvalue weighted by Gasteiger charge is -2.13. The van der Waals surface area contributed by atoms with E-state index in [4.69, 9.17) is 11.6 Å². The predicted molar refractivity (Wildman–Crippen MR) is 40.1 cm³/mol. The summed E-state index contributed by atoms with van der Waals surface area (Å²) in [5.74, 6) is 0. The van der Waals surface area contributed by atoms with Crippen molar-refractivity contribution in [1.29, 1.82) is 0 Å². The molecule has 0 spiro atoms. The Kier molecular flexibility index (Phi) is 1.78. The summed E-state index contributed by atoms with van der Waals surface area (Å²) in [6.45, 7) is 0. The average Bonchev–Trinajstić information content (AvgIpc) is 1.65. The van der Waals surface area contributed by atoms with Crippen LogP contribution in [0.2, 0.25) is 0 Å². The Morgan fingerprint density at radius 3 is 2.25 bits per heavy atom. The highest BCUT2D eigenvalue weighted by atomic mass is 79.9. The van der Waals surface area contributed by atoms with Crippen LogP contribution in [0.1, 0.15) is 0 Å². The van der Waals surface area contributed by atoms with Crippen LogP contribution in [0.5, 0.6) is 0 Å². The first-order valence-electron chi connectivity index (χ1n) is 2.29. The van der Waals surface area contributed by atoms with Crippen molar-refractivity contribution in [3.8, 4) is 0 Å². The van der Waals surface area contributed by atoms with Crippen molar-refractivity contribution >= 4 is 27.5 Å². The Balaban J connectivity index is 2.65. The molecule has 0 aromatic carbocycles. The van der Waals surface area contributed by atoms with Crippen LogP contribution >= 0.6 is 27.5 Å². The topological polar surface area (TPSA) is 0 Å². The van der Waals surface area contributed by atoms with Gasteiger partial charge < -0.3 is 0 Å². The molecule has 1 aliphatic rings. The van der Waals surface area contributed by atoms with Gasteiger partial charge in [-0.3, -0.25) is 0 Å². The van der Waals surface area contributed by atoms with Crippen molar-refractivity contribution in [2.75, 3.05) is 0 Å². The molecule has 1 atom stereocenters. The van der Waals surface area contributed by atoms with E-state index < -0.39 is 3.78 Å². The molecular weight excluding hydrogens is 187 g/mol. The molecule has 0 amide bonds. The minimum Gasteiger partial charge on any atom is -0.101 e. The van der Waals surface area contributed by atoms with Crippen molar-refractivity contribution in [2.45, 2.75) is 3.78 Å². The fourth-order valence-electron chi connectivity index (χ4n) is 0.487. The van der Waals surface area contributed by atoms with Crippen LogP contribution in [0.25, 0.3) is 0 Å². The molecule has 0 aliphatic heterocycles. The predicted octanol–water partition coefficient (Wildman–Crippen LogP) is 2.65. The maximum absolute atomic E-state index is 5.80. The number of hydrogen-bond donors (Lipinski definition) is 0. The van der Waals surface area contributed by atoms with Crippen molar-refractivity contribution in [3.05, 3.63) is 30.7 Å². The zero-order valence-corrected chi connectivity index (χ0v) is 6.48. The van der Waals surface area contributed by atoms with Crippen LogP contribution in [0.4, 0.5) is 0 Å². The molecular formula is C6H5BrCl. The van der Waals surface area contributed by atoms with Gasteiger partial charge >= 0.3 is 0 Å². The molecule has 0 bridgehead atoms. The van der Waals surface area contributed by atoms with E-state index in [1.807, 2.05) is 30.7 Å². The first-order valence-corrected chi connectivity index (χ1v) is 3.46. The summed E-state index contributed by atoms with van der Waals surface area (Å²) in [5.41, 5.74) is 0. The summed E-state index contributed by atoms with van der Waals surface area (Å²) in [4.78, 5) is 0. The van der Waals surface area contributed by atoms with E-state index >= 15 is 0 Å². The molecule has 1 aliphatic carbocycles. The average molecular weight is 192 g/mol. The molecule has 0 heterocycles. The van der Waals surface area contributed by atoms with E-state index in [-0.39, 0.29) is 0 Å². The number of hydrogen-bond acceptors (Lipinski definition) is 0. The minimum atomic E-state index is -0.429. The molecule has 0 nitrogen and oxygen atoms in total. The quantitative estimate of drug-likeness (QED) is 0.518. The lowest BCUT2D eigenvalue weighted by atomic mass is 10.2. The van der Waals surface area contributed by atoms with Gasteiger partial charge in [0, 0.05) is 6.42 Å². The van der Waals surface area contributed by atoms with E-state index in [1.54, 1.807) is 0 Å². The Labute approximate surface area is 62.3 Å². The van der Waals surface area contributed by atoms with E-state index in [2.05, 4.69) is 15.9 Å². The van der Waals surface area contributed by atoms with Gasteiger partial charge in [0.2, 0.25) is 0 Å². The number of allylic oxidation sites excluding steroid dienone is 4. The summed E-state index contributed by atoms with van der Waals surface area (Å²) in [5, 5.41) is 0. The van der Waals surface area contributed by atoms with E-state index in [0.717, 1.165) is 0 Å². The summed E-state index contributed by atoms with van der Waals surface area (Å²) in [6, 6.07) is 0. The molecule has 0 aromatic heterocycles. The first-order chi connectivity index (χ1) is 3.71. The van der Waals surface area contributed by atoms with Crippen molar-refractivity contribution in [2.24, 2.45) is 0 Å². The van der Waals surface area contributed by atoms with Gasteiger partial charge in [0.25, 0.3) is 0 Å². The molecule has 8 heavy (non-hydrogen) atoms. The fraction of sp³-hybridized carbons (Fsp3) is 0.167. The van der Waals surface area contributed by atoms with E-state index in [1.165, 1.54) is 0 Å². The Bertz CT molecular complexity index is 135. The van der Waals surface area contributed by atoms with Crippen LogP contribution in [0, 0.1) is 6.42 Å². The Morgan fingerprint density at radius 1 is 1.25 bits per heavy atom. The van der Waals surface area contributed by atoms with Gasteiger partial charge in [-0.05, 0) is 0 Å². The van der Waals surface area contributed by atoms with Crippen LogP contribution in [0.15, 0.2) is 24.3 Å². The SMILES string of the molecule is ClC1(Br)[CH]C=CC=C1. The maximum Gasteiger partial charge on any atom is 0.124 e. The van der Waals surface area contributed by atoms with Gasteiger partial charge in [-0.2, -0.15) is 0 Å². The highest BCUT2D eigenvalue weighted by Gasteiger charge is 2.18. The molecule has 43 valence electrons. The number of halogens is 2. The van der Waals surface area contributed by atoms with Crippen molar-refractivity contribution in [3.63, 3.8) is 0 Å². The van der Waals surface area contributed by atoms with Gasteiger partial charge in [0.05, 0.1) is 0 Å². The zero-order chi connectivity index (χ0) is 6.04. The molecule has 1 rings (SSSR count). The van der Waals surface area contributed by atoms with Crippen LogP contribution in [-0.2, 0) is 0 Å². The fourth-order valence-corrected chi connectivity index (χ4v) is 0.938. The number of rotatable bonds is 0. The third kappa shape index (κ3) is 1.64. The largest absolute Gasteiger partial charge is 0.124 e. The third-order valence-electron chi connectivity index (χ3n) is 0.859. The zero-order valence-electron chi connectivity index (χ0n) is 4.14. The molecule has 0 saturated carbocycles. The van der Waals surface area contributed by atoms with Gasteiger partial charge in [0.15, 0.2) is 0 Å². The van der Waals surface area contributed by atoms with E-state index in [9.17, 15) is 0 Å². The maximum atomic E-state index is 5.80. The van der Waals surface area contributed by atoms with Crippen molar-refractivity contribution in [1.82, 2.24) is 0 Å². The highest BCUT2D eigenvalue weighted by Crippen LogP contribution is 2.30. The molecule has 0 fully saturated rings. The van der Waals surface area contributed by atoms with Crippen molar-refractivity contribution < 1.29 is 0 Å². The van der Waals surface area contributed by atoms with E-state index in [0.29, 0.717) is 0 Å². The Morgan fingerprint density at radius 2 is 2.00 bits per heavy atom. The van der Waals surface area contributed by atoms with Gasteiger partial charge in [-0.25, -0.2) is 0 Å². The standard InChI is InChI=1S/C6H5BrCl/c7-6(8)4-2-1-3-5-6/h1-5H. The summed E-state index contributed by atoms with van der Waals surface area (Å²) in [7, 11) is 0. The minimum absolute atomic E-state index is 0.429.